The number of anilines is 1. The summed E-state index contributed by atoms with van der Waals surface area (Å²) in [5.41, 5.74) is 1.97. The minimum Gasteiger partial charge on any atom is -0.497 e. The van der Waals surface area contributed by atoms with E-state index in [2.05, 4.69) is 5.32 Å². The van der Waals surface area contributed by atoms with E-state index in [1.807, 2.05) is 39.8 Å². The molecule has 2 amide bonds. The van der Waals surface area contributed by atoms with Crippen molar-refractivity contribution in [3.05, 3.63) is 83.9 Å². The van der Waals surface area contributed by atoms with E-state index in [0.29, 0.717) is 36.8 Å². The van der Waals surface area contributed by atoms with Crippen LogP contribution in [0.15, 0.2) is 77.7 Å². The first-order valence-corrected chi connectivity index (χ1v) is 16.1. The molecule has 9 nitrogen and oxygen atoms in total. The molecule has 0 saturated carbocycles. The summed E-state index contributed by atoms with van der Waals surface area (Å²) in [6, 6.07) is 19.5. The monoisotopic (exact) mass is 609 g/mol. The summed E-state index contributed by atoms with van der Waals surface area (Å²) < 4.78 is 40.1. The fraction of sp³-hybridized carbons (Fsp3) is 0.394. The Hall–Kier alpha value is -4.05. The van der Waals surface area contributed by atoms with E-state index in [0.717, 1.165) is 28.3 Å². The molecule has 3 aromatic rings. The van der Waals surface area contributed by atoms with Crippen LogP contribution in [0.4, 0.5) is 5.69 Å². The van der Waals surface area contributed by atoms with Gasteiger partial charge in [-0.2, -0.15) is 0 Å². The zero-order valence-electron chi connectivity index (χ0n) is 25.7. The summed E-state index contributed by atoms with van der Waals surface area (Å²) in [5.74, 6) is 0.411. The van der Waals surface area contributed by atoms with Gasteiger partial charge < -0.3 is 19.7 Å². The van der Waals surface area contributed by atoms with Gasteiger partial charge in [-0.05, 0) is 80.8 Å². The zero-order chi connectivity index (χ0) is 31.4. The van der Waals surface area contributed by atoms with Gasteiger partial charge in [0.2, 0.25) is 11.8 Å². The van der Waals surface area contributed by atoms with Crippen molar-refractivity contribution in [3.63, 3.8) is 0 Å². The van der Waals surface area contributed by atoms with Crippen LogP contribution in [0.5, 0.6) is 11.5 Å². The van der Waals surface area contributed by atoms with Gasteiger partial charge in [0, 0.05) is 13.1 Å². The molecule has 0 saturated heterocycles. The summed E-state index contributed by atoms with van der Waals surface area (Å²) in [7, 11) is -2.60. The van der Waals surface area contributed by atoms with Crippen molar-refractivity contribution in [1.82, 2.24) is 10.2 Å². The van der Waals surface area contributed by atoms with Crippen LogP contribution in [0, 0.1) is 6.92 Å². The van der Waals surface area contributed by atoms with Crippen LogP contribution < -0.4 is 19.1 Å². The van der Waals surface area contributed by atoms with E-state index in [9.17, 15) is 18.0 Å². The number of hydrogen-bond acceptors (Lipinski definition) is 6. The lowest BCUT2D eigenvalue weighted by atomic mass is 10.1. The Morgan fingerprint density at radius 1 is 0.930 bits per heavy atom. The first-order chi connectivity index (χ1) is 20.6. The summed E-state index contributed by atoms with van der Waals surface area (Å²) in [5, 5.41) is 2.94. The zero-order valence-corrected chi connectivity index (χ0v) is 26.5. The number of unbranched alkanes of at least 4 members (excludes halogenated alkanes) is 1. The van der Waals surface area contributed by atoms with Gasteiger partial charge in [0.15, 0.2) is 0 Å². The maximum Gasteiger partial charge on any atom is 0.264 e. The Morgan fingerprint density at radius 2 is 1.63 bits per heavy atom. The molecule has 1 atom stereocenters. The number of sulfonamides is 1. The Kier molecular flexibility index (Phi) is 12.4. The van der Waals surface area contributed by atoms with Crippen LogP contribution in [0.3, 0.4) is 0 Å². The largest absolute Gasteiger partial charge is 0.497 e. The molecule has 0 aliphatic heterocycles. The smallest absolute Gasteiger partial charge is 0.264 e. The molecule has 43 heavy (non-hydrogen) atoms. The number of hydrogen-bond donors (Lipinski definition) is 1. The molecule has 1 unspecified atom stereocenters. The number of nitrogens with one attached hydrogen (secondary N) is 1. The van der Waals surface area contributed by atoms with E-state index < -0.39 is 28.5 Å². The lowest BCUT2D eigenvalue weighted by Gasteiger charge is -2.33. The maximum absolute atomic E-state index is 14.2. The van der Waals surface area contributed by atoms with Gasteiger partial charge >= 0.3 is 0 Å². The molecule has 0 radical (unpaired) electrons. The Bertz CT molecular complexity index is 1440. The minimum absolute atomic E-state index is 0.0588. The number of amides is 2. The lowest BCUT2D eigenvalue weighted by Crippen LogP contribution is -2.52. The van der Waals surface area contributed by atoms with Crippen molar-refractivity contribution in [2.45, 2.75) is 64.4 Å². The molecule has 1 N–H and O–H groups in total. The molecule has 0 aliphatic rings. The van der Waals surface area contributed by atoms with Gasteiger partial charge in [-0.1, -0.05) is 50.1 Å². The Morgan fingerprint density at radius 3 is 2.23 bits per heavy atom. The highest BCUT2D eigenvalue weighted by Crippen LogP contribution is 2.27. The number of rotatable bonds is 16. The minimum atomic E-state index is -4.15. The van der Waals surface area contributed by atoms with Crippen molar-refractivity contribution < 1.29 is 27.5 Å². The second-order valence-corrected chi connectivity index (χ2v) is 12.1. The molecule has 232 valence electrons. The average molecular weight is 610 g/mol. The molecular weight excluding hydrogens is 566 g/mol. The number of methoxy groups -OCH3 is 1. The number of carbonyl (C=O) groups excluding carboxylic acids is 2. The van der Waals surface area contributed by atoms with Gasteiger partial charge in [-0.25, -0.2) is 8.42 Å². The summed E-state index contributed by atoms with van der Waals surface area (Å²) in [6.45, 7) is 8.14. The van der Waals surface area contributed by atoms with E-state index >= 15 is 0 Å². The molecule has 0 fully saturated rings. The van der Waals surface area contributed by atoms with Crippen molar-refractivity contribution >= 4 is 27.5 Å². The highest BCUT2D eigenvalue weighted by atomic mass is 32.2. The maximum atomic E-state index is 14.2. The van der Waals surface area contributed by atoms with Crippen molar-refractivity contribution in [2.75, 3.05) is 31.1 Å². The topological polar surface area (TPSA) is 105 Å². The average Bonchev–Trinajstić information content (AvgIpc) is 3.00. The molecule has 0 bridgehead atoms. The van der Waals surface area contributed by atoms with Crippen LogP contribution in [0.2, 0.25) is 0 Å². The Labute approximate surface area is 255 Å². The number of aryl methyl sites for hydroxylation is 1. The summed E-state index contributed by atoms with van der Waals surface area (Å²) in [4.78, 5) is 29.1. The van der Waals surface area contributed by atoms with E-state index in [1.54, 1.807) is 55.6 Å². The van der Waals surface area contributed by atoms with Crippen molar-refractivity contribution in [3.8, 4) is 11.5 Å². The number of carbonyl (C=O) groups is 2. The van der Waals surface area contributed by atoms with Gasteiger partial charge in [0.25, 0.3) is 10.0 Å². The van der Waals surface area contributed by atoms with E-state index in [4.69, 9.17) is 9.47 Å². The van der Waals surface area contributed by atoms with Crippen LogP contribution in [-0.4, -0.2) is 58.0 Å². The summed E-state index contributed by atoms with van der Waals surface area (Å²) in [6.07, 6.45) is 2.07. The molecular formula is C33H43N3O6S. The fourth-order valence-corrected chi connectivity index (χ4v) is 6.05. The molecule has 10 heteroatoms. The highest BCUT2D eigenvalue weighted by Gasteiger charge is 2.33. The predicted octanol–water partition coefficient (Wildman–Crippen LogP) is 5.32. The van der Waals surface area contributed by atoms with Crippen LogP contribution in [0.1, 0.15) is 51.2 Å². The molecule has 0 aromatic heterocycles. The summed E-state index contributed by atoms with van der Waals surface area (Å²) >= 11 is 0. The highest BCUT2D eigenvalue weighted by molar-refractivity contribution is 7.92. The third kappa shape index (κ3) is 8.97. The first-order valence-electron chi connectivity index (χ1n) is 14.7. The molecule has 3 aromatic carbocycles. The predicted molar refractivity (Wildman–Crippen MR) is 169 cm³/mol. The van der Waals surface area contributed by atoms with E-state index in [1.165, 1.54) is 17.0 Å². The third-order valence-electron chi connectivity index (χ3n) is 7.03. The number of nitrogens with zero attached hydrogens (tertiary/aromatic N) is 2. The molecule has 0 aliphatic carbocycles. The molecule has 0 spiro atoms. The quantitative estimate of drug-likeness (QED) is 0.221. The van der Waals surface area contributed by atoms with Crippen LogP contribution in [-0.2, 0) is 26.2 Å². The second kappa shape index (κ2) is 16.0. The number of benzene rings is 3. The number of ether oxygens (including phenoxy) is 2. The molecule has 3 rings (SSSR count). The van der Waals surface area contributed by atoms with Gasteiger partial charge in [-0.3, -0.25) is 13.9 Å². The lowest BCUT2D eigenvalue weighted by molar-refractivity contribution is -0.140. The van der Waals surface area contributed by atoms with E-state index in [-0.39, 0.29) is 17.3 Å². The molecule has 0 heterocycles. The van der Waals surface area contributed by atoms with Gasteiger partial charge in [0.05, 0.1) is 24.3 Å². The second-order valence-electron chi connectivity index (χ2n) is 10.2. The fourth-order valence-electron chi connectivity index (χ4n) is 4.63. The third-order valence-corrected chi connectivity index (χ3v) is 8.81. The standard InChI is InChI=1S/C33H43N3O6S/c1-6-9-21-34-33(38)31(7-2)35(23-26-11-10-12-29(22-26)41-5)32(37)24-36(27-15-17-28(18-16-27)42-8-3)43(39,40)30-19-13-25(4)14-20-30/h10-20,22,31H,6-9,21,23-24H2,1-5H3,(H,34,38). The van der Waals surface area contributed by atoms with Crippen molar-refractivity contribution in [1.29, 1.82) is 0 Å². The van der Waals surface area contributed by atoms with Crippen molar-refractivity contribution in [2.24, 2.45) is 0 Å². The van der Waals surface area contributed by atoms with Gasteiger partial charge in [-0.15, -0.1) is 0 Å². The van der Waals surface area contributed by atoms with Crippen LogP contribution in [0.25, 0.3) is 0 Å². The Balaban J connectivity index is 2.05. The normalized spacial score (nSPS) is 11.8. The van der Waals surface area contributed by atoms with Gasteiger partial charge in [0.1, 0.15) is 24.1 Å². The first kappa shape index (κ1) is 33.5. The van der Waals surface area contributed by atoms with Crippen LogP contribution >= 0.6 is 0 Å². The SMILES string of the molecule is CCCCNC(=O)C(CC)N(Cc1cccc(OC)c1)C(=O)CN(c1ccc(OCC)cc1)S(=O)(=O)c1ccc(C)cc1.